The first-order chi connectivity index (χ1) is 14.6. The van der Waals surface area contributed by atoms with Crippen molar-refractivity contribution in [3.8, 4) is 23.4 Å². The normalized spacial score (nSPS) is 15.2. The van der Waals surface area contributed by atoms with Gasteiger partial charge in [0.1, 0.15) is 11.6 Å². The Hall–Kier alpha value is -3.92. The van der Waals surface area contributed by atoms with E-state index in [0.29, 0.717) is 29.5 Å². The van der Waals surface area contributed by atoms with Crippen molar-refractivity contribution < 1.29 is 14.2 Å². The number of nitrogens with two attached hydrogens (primary N) is 1. The van der Waals surface area contributed by atoms with Crippen LogP contribution < -0.4 is 19.9 Å². The second kappa shape index (κ2) is 7.84. The Morgan fingerprint density at radius 2 is 1.87 bits per heavy atom. The number of hydrogen-bond acceptors (Lipinski definition) is 6. The first kappa shape index (κ1) is 19.4. The minimum Gasteiger partial charge on any atom is -0.493 e. The van der Waals surface area contributed by atoms with Gasteiger partial charge in [-0.2, -0.15) is 10.4 Å². The Balaban J connectivity index is 1.85. The maximum Gasteiger partial charge on any atom is 0.224 e. The van der Waals surface area contributed by atoms with Crippen molar-refractivity contribution in [1.29, 1.82) is 5.26 Å². The Bertz CT molecular complexity index is 1160. The van der Waals surface area contributed by atoms with E-state index in [1.54, 1.807) is 18.9 Å². The molecule has 7 heteroatoms. The van der Waals surface area contributed by atoms with Crippen LogP contribution in [0.4, 0.5) is 0 Å². The standard InChI is InChI=1S/C23H22N4O3/c1-14-20-21(16-9-10-18(28-2)19(11-16)29-3)17(12-24)22(25)30-23(20)27(26-14)13-15-7-5-4-6-8-15/h4-11,21H,13,25H2,1-3H3/t21-/m0/s1. The summed E-state index contributed by atoms with van der Waals surface area (Å²) in [5.41, 5.74) is 10.0. The van der Waals surface area contributed by atoms with E-state index in [9.17, 15) is 5.26 Å². The van der Waals surface area contributed by atoms with Crippen LogP contribution in [-0.2, 0) is 6.54 Å². The molecule has 7 nitrogen and oxygen atoms in total. The van der Waals surface area contributed by atoms with Gasteiger partial charge in [-0.3, -0.25) is 0 Å². The molecule has 4 rings (SSSR count). The molecule has 0 saturated carbocycles. The van der Waals surface area contributed by atoms with Gasteiger partial charge in [-0.05, 0) is 30.2 Å². The topological polar surface area (TPSA) is 95.3 Å². The molecule has 2 aromatic carbocycles. The molecule has 0 amide bonds. The van der Waals surface area contributed by atoms with Crippen molar-refractivity contribution in [2.24, 2.45) is 5.73 Å². The van der Waals surface area contributed by atoms with E-state index in [1.807, 2.05) is 55.5 Å². The van der Waals surface area contributed by atoms with E-state index < -0.39 is 5.92 Å². The molecule has 2 heterocycles. The lowest BCUT2D eigenvalue weighted by Gasteiger charge is -2.25. The number of hydrogen-bond donors (Lipinski definition) is 1. The lowest BCUT2D eigenvalue weighted by atomic mass is 9.84. The molecule has 1 aromatic heterocycles. The van der Waals surface area contributed by atoms with Crippen molar-refractivity contribution in [3.05, 3.63) is 82.4 Å². The van der Waals surface area contributed by atoms with E-state index in [1.165, 1.54) is 0 Å². The Morgan fingerprint density at radius 1 is 1.13 bits per heavy atom. The molecule has 0 unspecified atom stereocenters. The number of fused-ring (bicyclic) bond motifs is 1. The van der Waals surface area contributed by atoms with E-state index in [-0.39, 0.29) is 5.88 Å². The molecule has 1 aliphatic rings. The zero-order chi connectivity index (χ0) is 21.3. The van der Waals surface area contributed by atoms with Crippen molar-refractivity contribution >= 4 is 0 Å². The SMILES string of the molecule is COc1ccc([C@H]2C(C#N)=C(N)Oc3c2c(C)nn3Cc2ccccc2)cc1OC. The van der Waals surface area contributed by atoms with Gasteiger partial charge in [-0.1, -0.05) is 36.4 Å². The summed E-state index contributed by atoms with van der Waals surface area (Å²) >= 11 is 0. The van der Waals surface area contributed by atoms with Crippen LogP contribution in [0.25, 0.3) is 0 Å². The first-order valence-electron chi connectivity index (χ1n) is 9.48. The molecule has 0 bridgehead atoms. The van der Waals surface area contributed by atoms with Crippen molar-refractivity contribution in [2.45, 2.75) is 19.4 Å². The number of benzene rings is 2. The van der Waals surface area contributed by atoms with Crippen LogP contribution in [0.2, 0.25) is 0 Å². The second-order valence-electron chi connectivity index (χ2n) is 6.99. The molecule has 2 N–H and O–H groups in total. The summed E-state index contributed by atoms with van der Waals surface area (Å²) in [6, 6.07) is 17.8. The number of aryl methyl sites for hydroxylation is 1. The van der Waals surface area contributed by atoms with Gasteiger partial charge in [0.25, 0.3) is 0 Å². The molecule has 0 spiro atoms. The summed E-state index contributed by atoms with van der Waals surface area (Å²) in [4.78, 5) is 0. The third-order valence-electron chi connectivity index (χ3n) is 5.21. The number of aromatic nitrogens is 2. The summed E-state index contributed by atoms with van der Waals surface area (Å²) in [6.45, 7) is 2.44. The van der Waals surface area contributed by atoms with Crippen LogP contribution in [0.1, 0.15) is 28.3 Å². The lowest BCUT2D eigenvalue weighted by molar-refractivity contribution is 0.349. The number of nitriles is 1. The fourth-order valence-electron chi connectivity index (χ4n) is 3.81. The van der Waals surface area contributed by atoms with E-state index in [0.717, 1.165) is 22.4 Å². The predicted molar refractivity (Wildman–Crippen MR) is 111 cm³/mol. The number of methoxy groups -OCH3 is 2. The molecule has 1 aliphatic heterocycles. The number of allylic oxidation sites excluding steroid dienone is 1. The fourth-order valence-corrected chi connectivity index (χ4v) is 3.81. The summed E-state index contributed by atoms with van der Waals surface area (Å²) in [6.07, 6.45) is 0. The summed E-state index contributed by atoms with van der Waals surface area (Å²) in [5.74, 6) is 1.41. The largest absolute Gasteiger partial charge is 0.493 e. The van der Waals surface area contributed by atoms with E-state index in [4.69, 9.17) is 19.9 Å². The van der Waals surface area contributed by atoms with Gasteiger partial charge in [0, 0.05) is 0 Å². The molecule has 0 saturated heterocycles. The average molecular weight is 402 g/mol. The summed E-state index contributed by atoms with van der Waals surface area (Å²) in [5, 5.41) is 14.5. The predicted octanol–water partition coefficient (Wildman–Crippen LogP) is 3.48. The Morgan fingerprint density at radius 3 is 2.53 bits per heavy atom. The molecule has 0 radical (unpaired) electrons. The number of nitrogens with zero attached hydrogens (tertiary/aromatic N) is 3. The van der Waals surface area contributed by atoms with Crippen LogP contribution in [0.5, 0.6) is 17.4 Å². The molecular weight excluding hydrogens is 380 g/mol. The number of ether oxygens (including phenoxy) is 3. The van der Waals surface area contributed by atoms with E-state index in [2.05, 4.69) is 11.2 Å². The summed E-state index contributed by atoms with van der Waals surface area (Å²) in [7, 11) is 3.16. The molecule has 0 fully saturated rings. The Labute approximate surface area is 174 Å². The van der Waals surface area contributed by atoms with Gasteiger partial charge >= 0.3 is 0 Å². The van der Waals surface area contributed by atoms with Gasteiger partial charge in [0.15, 0.2) is 11.5 Å². The number of rotatable bonds is 5. The van der Waals surface area contributed by atoms with Crippen molar-refractivity contribution in [2.75, 3.05) is 14.2 Å². The lowest BCUT2D eigenvalue weighted by Crippen LogP contribution is -2.22. The highest BCUT2D eigenvalue weighted by Gasteiger charge is 2.36. The maximum absolute atomic E-state index is 9.83. The van der Waals surface area contributed by atoms with E-state index >= 15 is 0 Å². The fraction of sp³-hybridized carbons (Fsp3) is 0.217. The van der Waals surface area contributed by atoms with Crippen LogP contribution in [0.15, 0.2) is 60.0 Å². The summed E-state index contributed by atoms with van der Waals surface area (Å²) < 4.78 is 18.5. The van der Waals surface area contributed by atoms with Gasteiger partial charge in [0.2, 0.25) is 11.8 Å². The molecule has 0 aliphatic carbocycles. The first-order valence-corrected chi connectivity index (χ1v) is 9.48. The molecule has 152 valence electrons. The van der Waals surface area contributed by atoms with Gasteiger partial charge in [-0.25, -0.2) is 4.68 Å². The van der Waals surface area contributed by atoms with Crippen LogP contribution >= 0.6 is 0 Å². The van der Waals surface area contributed by atoms with Crippen LogP contribution in [0, 0.1) is 18.3 Å². The monoisotopic (exact) mass is 402 g/mol. The average Bonchev–Trinajstić information content (AvgIpc) is 3.07. The van der Waals surface area contributed by atoms with Crippen LogP contribution in [0.3, 0.4) is 0 Å². The molecule has 30 heavy (non-hydrogen) atoms. The third kappa shape index (κ3) is 3.22. The van der Waals surface area contributed by atoms with Crippen molar-refractivity contribution in [1.82, 2.24) is 9.78 Å². The Kier molecular flexibility index (Phi) is 5.07. The second-order valence-corrected chi connectivity index (χ2v) is 6.99. The zero-order valence-corrected chi connectivity index (χ0v) is 17.0. The maximum atomic E-state index is 9.83. The smallest absolute Gasteiger partial charge is 0.224 e. The zero-order valence-electron chi connectivity index (χ0n) is 17.0. The molecular formula is C23H22N4O3. The third-order valence-corrected chi connectivity index (χ3v) is 5.21. The van der Waals surface area contributed by atoms with Gasteiger partial charge in [0.05, 0.1) is 37.9 Å². The van der Waals surface area contributed by atoms with Crippen molar-refractivity contribution in [3.63, 3.8) is 0 Å². The van der Waals surface area contributed by atoms with Crippen LogP contribution in [-0.4, -0.2) is 24.0 Å². The minimum atomic E-state index is -0.414. The van der Waals surface area contributed by atoms with Gasteiger partial charge < -0.3 is 19.9 Å². The highest BCUT2D eigenvalue weighted by molar-refractivity contribution is 5.57. The quantitative estimate of drug-likeness (QED) is 0.702. The highest BCUT2D eigenvalue weighted by atomic mass is 16.5. The minimum absolute atomic E-state index is 0.0824. The highest BCUT2D eigenvalue weighted by Crippen LogP contribution is 2.45. The molecule has 3 aromatic rings. The van der Waals surface area contributed by atoms with Gasteiger partial charge in [-0.15, -0.1) is 0 Å². The molecule has 1 atom stereocenters.